The summed E-state index contributed by atoms with van der Waals surface area (Å²) in [7, 11) is 0. The molecular weight excluding hydrogens is 330 g/mol. The topological polar surface area (TPSA) is 75.6 Å². The van der Waals surface area contributed by atoms with Gasteiger partial charge in [0.25, 0.3) is 5.91 Å². The molecule has 2 N–H and O–H groups in total. The Balaban J connectivity index is 1.42. The molecule has 0 aliphatic heterocycles. The van der Waals surface area contributed by atoms with E-state index in [-0.39, 0.29) is 11.9 Å². The van der Waals surface area contributed by atoms with Gasteiger partial charge in [0.1, 0.15) is 0 Å². The van der Waals surface area contributed by atoms with Crippen LogP contribution in [0.3, 0.4) is 0 Å². The van der Waals surface area contributed by atoms with E-state index in [1.165, 1.54) is 0 Å². The second kappa shape index (κ2) is 6.08. The van der Waals surface area contributed by atoms with Gasteiger partial charge in [-0.1, -0.05) is 12.1 Å². The molecule has 1 aromatic rings. The van der Waals surface area contributed by atoms with Gasteiger partial charge in [-0.15, -0.1) is 0 Å². The average Bonchev–Trinajstić information content (AvgIpc) is 2.52. The van der Waals surface area contributed by atoms with E-state index in [1.54, 1.807) is 6.92 Å². The van der Waals surface area contributed by atoms with Gasteiger partial charge in [0.15, 0.2) is 6.10 Å². The summed E-state index contributed by atoms with van der Waals surface area (Å²) >= 11 is 0. The number of esters is 1. The first kappa shape index (κ1) is 17.5. The third kappa shape index (κ3) is 3.13. The Morgan fingerprint density at radius 3 is 2.54 bits per heavy atom. The monoisotopic (exact) mass is 357 g/mol. The molecule has 1 aromatic carbocycles. The zero-order chi connectivity index (χ0) is 18.5. The van der Waals surface area contributed by atoms with Crippen LogP contribution < -0.4 is 5.32 Å². The van der Waals surface area contributed by atoms with Crippen molar-refractivity contribution >= 4 is 17.6 Å². The van der Waals surface area contributed by atoms with Crippen LogP contribution in [-0.2, 0) is 14.3 Å². The van der Waals surface area contributed by atoms with Gasteiger partial charge in [0.05, 0.1) is 11.0 Å². The molecule has 5 atom stereocenters. The third-order valence-electron chi connectivity index (χ3n) is 6.40. The fourth-order valence-corrected chi connectivity index (χ4v) is 5.76. The first-order valence-electron chi connectivity index (χ1n) is 9.58. The van der Waals surface area contributed by atoms with E-state index in [0.717, 1.165) is 37.7 Å². The van der Waals surface area contributed by atoms with E-state index in [4.69, 9.17) is 4.74 Å². The van der Waals surface area contributed by atoms with E-state index < -0.39 is 17.1 Å². The fourth-order valence-electron chi connectivity index (χ4n) is 5.76. The van der Waals surface area contributed by atoms with Gasteiger partial charge in [-0.25, -0.2) is 0 Å². The summed E-state index contributed by atoms with van der Waals surface area (Å²) < 4.78 is 5.58. The van der Waals surface area contributed by atoms with Crippen LogP contribution in [0, 0.1) is 24.2 Å². The number of anilines is 1. The van der Waals surface area contributed by atoms with Gasteiger partial charge < -0.3 is 15.2 Å². The summed E-state index contributed by atoms with van der Waals surface area (Å²) in [6.07, 6.45) is 3.93. The van der Waals surface area contributed by atoms with Gasteiger partial charge in [0, 0.05) is 5.69 Å². The number of amides is 1. The summed E-state index contributed by atoms with van der Waals surface area (Å²) in [5, 5.41) is 13.6. The molecule has 0 radical (unpaired) electrons. The SMILES string of the molecule is Cc1cccc(NC(=O)[C@@H](C)OC(=O)C23C[C@@H]4C[C@@H](CC(O)(C4)C2)C3)c1. The summed E-state index contributed by atoms with van der Waals surface area (Å²) in [6.45, 7) is 3.56. The minimum absolute atomic E-state index is 0.308. The summed E-state index contributed by atoms with van der Waals surface area (Å²) in [6, 6.07) is 7.52. The highest BCUT2D eigenvalue weighted by molar-refractivity contribution is 5.95. The maximum Gasteiger partial charge on any atom is 0.312 e. The molecular formula is C21H27NO4. The zero-order valence-electron chi connectivity index (χ0n) is 15.5. The third-order valence-corrected chi connectivity index (χ3v) is 6.40. The standard InChI is InChI=1S/C21H27NO4/c1-13-4-3-5-17(6-13)22-18(23)14(2)26-19(24)20-8-15-7-16(9-20)11-21(25,10-15)12-20/h3-6,14-16,25H,7-12H2,1-2H3,(H,22,23)/t14-,15-,16+,20?,21?/m1/s1. The first-order valence-corrected chi connectivity index (χ1v) is 9.58. The number of carbonyl (C=O) groups is 2. The number of hydrogen-bond acceptors (Lipinski definition) is 4. The zero-order valence-corrected chi connectivity index (χ0v) is 15.5. The Hall–Kier alpha value is -1.88. The Morgan fingerprint density at radius 1 is 1.23 bits per heavy atom. The van der Waals surface area contributed by atoms with Gasteiger partial charge in [-0.2, -0.15) is 0 Å². The van der Waals surface area contributed by atoms with Crippen LogP contribution >= 0.6 is 0 Å². The average molecular weight is 357 g/mol. The smallest absolute Gasteiger partial charge is 0.312 e. The Bertz CT molecular complexity index is 729. The van der Waals surface area contributed by atoms with E-state index in [1.807, 2.05) is 31.2 Å². The van der Waals surface area contributed by atoms with Crippen LogP contribution in [0.4, 0.5) is 5.69 Å². The van der Waals surface area contributed by atoms with E-state index in [2.05, 4.69) is 5.32 Å². The lowest BCUT2D eigenvalue weighted by Crippen LogP contribution is -2.59. The molecule has 4 bridgehead atoms. The number of hydrogen-bond donors (Lipinski definition) is 2. The maximum absolute atomic E-state index is 12.9. The lowest BCUT2D eigenvalue weighted by molar-refractivity contribution is -0.199. The van der Waals surface area contributed by atoms with Gasteiger partial charge in [-0.05, 0) is 81.9 Å². The number of nitrogens with one attached hydrogen (secondary N) is 1. The molecule has 0 saturated heterocycles. The van der Waals surface area contributed by atoms with Crippen molar-refractivity contribution in [2.45, 2.75) is 64.1 Å². The van der Waals surface area contributed by atoms with Crippen LogP contribution in [0.5, 0.6) is 0 Å². The number of ether oxygens (including phenoxy) is 1. The predicted octanol–water partition coefficient (Wildman–Crippen LogP) is 3.20. The minimum atomic E-state index is -0.856. The fraction of sp³-hybridized carbons (Fsp3) is 0.619. The van der Waals surface area contributed by atoms with Crippen molar-refractivity contribution in [3.05, 3.63) is 29.8 Å². The molecule has 4 saturated carbocycles. The van der Waals surface area contributed by atoms with Crippen molar-refractivity contribution < 1.29 is 19.4 Å². The van der Waals surface area contributed by atoms with E-state index in [0.29, 0.717) is 23.9 Å². The van der Waals surface area contributed by atoms with Gasteiger partial charge in [-0.3, -0.25) is 9.59 Å². The largest absolute Gasteiger partial charge is 0.452 e. The Morgan fingerprint density at radius 2 is 1.92 bits per heavy atom. The summed E-state index contributed by atoms with van der Waals surface area (Å²) in [5.41, 5.74) is 0.434. The van der Waals surface area contributed by atoms with Crippen molar-refractivity contribution in [2.24, 2.45) is 17.3 Å². The normalized spacial score (nSPS) is 35.8. The molecule has 26 heavy (non-hydrogen) atoms. The molecule has 4 fully saturated rings. The van der Waals surface area contributed by atoms with Crippen molar-refractivity contribution in [1.29, 1.82) is 0 Å². The molecule has 1 amide bonds. The van der Waals surface area contributed by atoms with Crippen molar-refractivity contribution in [1.82, 2.24) is 0 Å². The first-order chi connectivity index (χ1) is 12.3. The highest BCUT2D eigenvalue weighted by Gasteiger charge is 2.61. The Kier molecular flexibility index (Phi) is 4.10. The highest BCUT2D eigenvalue weighted by atomic mass is 16.5. The molecule has 5 heteroatoms. The second-order valence-electron chi connectivity index (χ2n) is 8.87. The summed E-state index contributed by atoms with van der Waals surface area (Å²) in [4.78, 5) is 25.4. The molecule has 4 aliphatic carbocycles. The van der Waals surface area contributed by atoms with Crippen LogP contribution in [0.1, 0.15) is 51.0 Å². The molecule has 0 aromatic heterocycles. The van der Waals surface area contributed by atoms with E-state index in [9.17, 15) is 14.7 Å². The molecule has 5 rings (SSSR count). The van der Waals surface area contributed by atoms with Crippen molar-refractivity contribution in [3.8, 4) is 0 Å². The number of benzene rings is 1. The van der Waals surface area contributed by atoms with E-state index >= 15 is 0 Å². The van der Waals surface area contributed by atoms with Gasteiger partial charge >= 0.3 is 5.97 Å². The highest BCUT2D eigenvalue weighted by Crippen LogP contribution is 2.62. The summed E-state index contributed by atoms with van der Waals surface area (Å²) in [5.74, 6) is 0.180. The maximum atomic E-state index is 12.9. The molecule has 5 nitrogen and oxygen atoms in total. The van der Waals surface area contributed by atoms with Crippen molar-refractivity contribution in [2.75, 3.05) is 5.32 Å². The minimum Gasteiger partial charge on any atom is -0.452 e. The second-order valence-corrected chi connectivity index (χ2v) is 8.87. The van der Waals surface area contributed by atoms with Crippen LogP contribution in [0.25, 0.3) is 0 Å². The van der Waals surface area contributed by atoms with Crippen LogP contribution in [0.2, 0.25) is 0 Å². The van der Waals surface area contributed by atoms with Crippen molar-refractivity contribution in [3.63, 3.8) is 0 Å². The Labute approximate surface area is 154 Å². The quantitative estimate of drug-likeness (QED) is 0.812. The number of rotatable bonds is 4. The van der Waals surface area contributed by atoms with Crippen LogP contribution in [0.15, 0.2) is 24.3 Å². The number of aliphatic hydroxyl groups is 1. The molecule has 0 spiro atoms. The lowest BCUT2D eigenvalue weighted by Gasteiger charge is -2.58. The van der Waals surface area contributed by atoms with Crippen LogP contribution in [-0.4, -0.2) is 28.7 Å². The number of aryl methyl sites for hydroxylation is 1. The lowest BCUT2D eigenvalue weighted by atomic mass is 9.48. The molecule has 0 heterocycles. The van der Waals surface area contributed by atoms with Gasteiger partial charge in [0.2, 0.25) is 0 Å². The number of carbonyl (C=O) groups excluding carboxylic acids is 2. The predicted molar refractivity (Wildman–Crippen MR) is 97.4 cm³/mol. The molecule has 2 unspecified atom stereocenters. The molecule has 140 valence electrons. The molecule has 4 aliphatic rings.